The van der Waals surface area contributed by atoms with E-state index >= 15 is 0 Å². The van der Waals surface area contributed by atoms with Crippen molar-refractivity contribution in [3.05, 3.63) is 23.3 Å². The second-order valence-corrected chi connectivity index (χ2v) is 4.76. The molecule has 1 aromatic rings. The first kappa shape index (κ1) is 10.7. The number of nitrogens with zero attached hydrogens (tertiary/aromatic N) is 1. The van der Waals surface area contributed by atoms with Crippen LogP contribution in [0.15, 0.2) is 12.2 Å². The summed E-state index contributed by atoms with van der Waals surface area (Å²) in [5.41, 5.74) is 1.36. The Labute approximate surface area is 105 Å². The van der Waals surface area contributed by atoms with Crippen molar-refractivity contribution < 1.29 is 19.8 Å². The van der Waals surface area contributed by atoms with E-state index in [0.717, 1.165) is 11.2 Å². The summed E-state index contributed by atoms with van der Waals surface area (Å²) in [4.78, 5) is 16.0. The molecule has 17 heavy (non-hydrogen) atoms. The Morgan fingerprint density at radius 1 is 1.35 bits per heavy atom. The van der Waals surface area contributed by atoms with Gasteiger partial charge in [0.25, 0.3) is 0 Å². The zero-order chi connectivity index (χ0) is 12.2. The first-order valence-corrected chi connectivity index (χ1v) is 6.37. The van der Waals surface area contributed by atoms with Gasteiger partial charge in [-0.25, -0.2) is 4.79 Å². The summed E-state index contributed by atoms with van der Waals surface area (Å²) in [6, 6.07) is 0. The van der Waals surface area contributed by atoms with Gasteiger partial charge in [0.05, 0.1) is 0 Å². The molecule has 2 aliphatic carbocycles. The van der Waals surface area contributed by atoms with E-state index in [4.69, 9.17) is 4.84 Å². The van der Waals surface area contributed by atoms with Crippen molar-refractivity contribution in [3.8, 4) is 11.8 Å². The number of carbonyl (C=O) groups excluding carboxylic acids is 1. The second kappa shape index (κ2) is 3.53. The minimum Gasteiger partial charge on any atom is -0.492 e. The van der Waals surface area contributed by atoms with Crippen molar-refractivity contribution in [1.29, 1.82) is 0 Å². The van der Waals surface area contributed by atoms with Gasteiger partial charge in [0.15, 0.2) is 0 Å². The standard InChI is InChI=1S/C11H10BrNO4/c12-4-7(14)17-13-10(15)8-5-1-2-6(3-5)9(8)11(13)16/h1-2,5-6,15-16H,3-4H2/t5-,6+. The Bertz CT molecular complexity index is 499. The molecule has 2 aliphatic rings. The summed E-state index contributed by atoms with van der Waals surface area (Å²) < 4.78 is 0.806. The highest BCUT2D eigenvalue weighted by Crippen LogP contribution is 2.56. The quantitative estimate of drug-likeness (QED) is 0.639. The number of hydrogen-bond acceptors (Lipinski definition) is 4. The zero-order valence-electron chi connectivity index (χ0n) is 8.76. The monoisotopic (exact) mass is 299 g/mol. The molecular weight excluding hydrogens is 290 g/mol. The lowest BCUT2D eigenvalue weighted by Gasteiger charge is -2.07. The number of aromatic hydroxyl groups is 2. The maximum atomic E-state index is 11.2. The first-order valence-electron chi connectivity index (χ1n) is 5.25. The van der Waals surface area contributed by atoms with E-state index in [2.05, 4.69) is 15.9 Å². The molecule has 0 saturated carbocycles. The van der Waals surface area contributed by atoms with Gasteiger partial charge in [-0.1, -0.05) is 28.1 Å². The van der Waals surface area contributed by atoms with E-state index in [0.29, 0.717) is 11.1 Å². The smallest absolute Gasteiger partial charge is 0.343 e. The van der Waals surface area contributed by atoms with Gasteiger partial charge in [-0.3, -0.25) is 0 Å². The van der Waals surface area contributed by atoms with Crippen LogP contribution in [0.3, 0.4) is 0 Å². The van der Waals surface area contributed by atoms with Crippen molar-refractivity contribution in [2.75, 3.05) is 5.33 Å². The predicted molar refractivity (Wildman–Crippen MR) is 62.4 cm³/mol. The van der Waals surface area contributed by atoms with Crippen LogP contribution in [0.5, 0.6) is 11.8 Å². The van der Waals surface area contributed by atoms with Crippen LogP contribution in [0.1, 0.15) is 29.4 Å². The lowest BCUT2D eigenvalue weighted by molar-refractivity contribution is -0.142. The highest BCUT2D eigenvalue weighted by atomic mass is 79.9. The third-order valence-electron chi connectivity index (χ3n) is 3.28. The summed E-state index contributed by atoms with van der Waals surface area (Å²) in [6.45, 7) is 0. The summed E-state index contributed by atoms with van der Waals surface area (Å²) in [5, 5.41) is 19.9. The number of alkyl halides is 1. The summed E-state index contributed by atoms with van der Waals surface area (Å²) in [6.07, 6.45) is 4.88. The van der Waals surface area contributed by atoms with E-state index in [9.17, 15) is 15.0 Å². The maximum absolute atomic E-state index is 11.2. The second-order valence-electron chi connectivity index (χ2n) is 4.20. The van der Waals surface area contributed by atoms with Crippen LogP contribution in [0.2, 0.25) is 0 Å². The van der Waals surface area contributed by atoms with E-state index in [1.807, 2.05) is 12.2 Å². The Morgan fingerprint density at radius 2 is 1.88 bits per heavy atom. The van der Waals surface area contributed by atoms with Crippen LogP contribution < -0.4 is 4.84 Å². The van der Waals surface area contributed by atoms with E-state index in [1.54, 1.807) is 0 Å². The van der Waals surface area contributed by atoms with Crippen LogP contribution in [0.4, 0.5) is 0 Å². The molecule has 1 heterocycles. The number of rotatable bonds is 2. The van der Waals surface area contributed by atoms with Gasteiger partial charge in [-0.05, 0) is 6.42 Å². The van der Waals surface area contributed by atoms with Crippen molar-refractivity contribution in [2.45, 2.75) is 18.3 Å². The van der Waals surface area contributed by atoms with Gasteiger partial charge in [0.1, 0.15) is 5.33 Å². The van der Waals surface area contributed by atoms with E-state index < -0.39 is 5.97 Å². The van der Waals surface area contributed by atoms with Crippen molar-refractivity contribution >= 4 is 21.9 Å². The first-order chi connectivity index (χ1) is 8.13. The predicted octanol–water partition coefficient (Wildman–Crippen LogP) is 1.39. The number of carbonyl (C=O) groups is 1. The van der Waals surface area contributed by atoms with Crippen LogP contribution in [-0.4, -0.2) is 26.2 Å². The number of halogens is 1. The molecule has 1 aromatic heterocycles. The highest BCUT2D eigenvalue weighted by molar-refractivity contribution is 9.09. The minimum absolute atomic E-state index is 0.000165. The molecule has 2 bridgehead atoms. The third kappa shape index (κ3) is 1.33. The summed E-state index contributed by atoms with van der Waals surface area (Å²) in [7, 11) is 0. The molecule has 5 nitrogen and oxygen atoms in total. The third-order valence-corrected chi connectivity index (χ3v) is 3.74. The van der Waals surface area contributed by atoms with E-state index in [-0.39, 0.29) is 28.9 Å². The van der Waals surface area contributed by atoms with Gasteiger partial charge < -0.3 is 15.1 Å². The van der Waals surface area contributed by atoms with Crippen LogP contribution in [0.25, 0.3) is 0 Å². The Hall–Kier alpha value is -1.43. The SMILES string of the molecule is O=C(CBr)On1c(O)c2c(c1O)[C@H]1C=C[C@@H]2C1. The largest absolute Gasteiger partial charge is 0.492 e. The van der Waals surface area contributed by atoms with Crippen LogP contribution in [0, 0.1) is 0 Å². The maximum Gasteiger partial charge on any atom is 0.343 e. The average Bonchev–Trinajstić information content (AvgIpc) is 2.98. The van der Waals surface area contributed by atoms with Crippen LogP contribution >= 0.6 is 15.9 Å². The molecule has 0 aromatic carbocycles. The van der Waals surface area contributed by atoms with Crippen molar-refractivity contribution in [2.24, 2.45) is 0 Å². The van der Waals surface area contributed by atoms with Gasteiger partial charge in [0.2, 0.25) is 11.8 Å². The molecule has 2 N–H and O–H groups in total. The Kier molecular flexibility index (Phi) is 2.22. The molecule has 0 fully saturated rings. The molecule has 90 valence electrons. The van der Waals surface area contributed by atoms with Gasteiger partial charge in [-0.15, -0.1) is 4.73 Å². The van der Waals surface area contributed by atoms with Crippen molar-refractivity contribution in [1.82, 2.24) is 4.73 Å². The highest BCUT2D eigenvalue weighted by Gasteiger charge is 2.41. The lowest BCUT2D eigenvalue weighted by atomic mass is 10.0. The molecule has 3 rings (SSSR count). The molecule has 0 radical (unpaired) electrons. The number of aromatic nitrogens is 1. The molecule has 0 amide bonds. The summed E-state index contributed by atoms with van der Waals surface area (Å²) in [5.74, 6) is -0.702. The molecule has 0 spiro atoms. The topological polar surface area (TPSA) is 71.7 Å². The fraction of sp³-hybridized carbons (Fsp3) is 0.364. The zero-order valence-corrected chi connectivity index (χ0v) is 10.3. The molecular formula is C11H10BrNO4. The Balaban J connectivity index is 2.06. The lowest BCUT2D eigenvalue weighted by Crippen LogP contribution is -2.20. The molecule has 0 unspecified atom stereocenters. The normalized spacial score (nSPS) is 24.1. The summed E-state index contributed by atoms with van der Waals surface area (Å²) >= 11 is 2.95. The van der Waals surface area contributed by atoms with Gasteiger partial charge in [-0.2, -0.15) is 0 Å². The molecule has 0 aliphatic heterocycles. The number of allylic oxidation sites excluding steroid dienone is 2. The van der Waals surface area contributed by atoms with Crippen LogP contribution in [-0.2, 0) is 4.79 Å². The van der Waals surface area contributed by atoms with Gasteiger partial charge in [0, 0.05) is 23.0 Å². The van der Waals surface area contributed by atoms with E-state index in [1.165, 1.54) is 0 Å². The molecule has 6 heteroatoms. The molecule has 2 atom stereocenters. The fourth-order valence-corrected chi connectivity index (χ4v) is 2.73. The number of fused-ring (bicyclic) bond motifs is 5. The average molecular weight is 300 g/mol. The molecule has 0 saturated heterocycles. The number of hydrogen-bond donors (Lipinski definition) is 2. The minimum atomic E-state index is -0.579. The Morgan fingerprint density at radius 3 is 2.35 bits per heavy atom. The fourth-order valence-electron chi connectivity index (χ4n) is 2.63. The van der Waals surface area contributed by atoms with Crippen molar-refractivity contribution in [3.63, 3.8) is 0 Å². The van der Waals surface area contributed by atoms with Gasteiger partial charge >= 0.3 is 5.97 Å².